The summed E-state index contributed by atoms with van der Waals surface area (Å²) < 4.78 is 0. The zero-order valence-electron chi connectivity index (χ0n) is 15.7. The number of halogens is 1. The molecule has 1 fully saturated rings. The SMILES string of the molecule is CCC1CCCCN1C(=O)c1cccc(C(=O)Nc2cccc(Cl)c2C)n1. The molecule has 1 aliphatic heterocycles. The Kier molecular flexibility index (Phi) is 6.11. The van der Waals surface area contributed by atoms with Crippen molar-refractivity contribution in [3.8, 4) is 0 Å². The summed E-state index contributed by atoms with van der Waals surface area (Å²) >= 11 is 6.11. The average Bonchev–Trinajstić information content (AvgIpc) is 2.71. The normalized spacial score (nSPS) is 16.9. The van der Waals surface area contributed by atoms with E-state index in [0.29, 0.717) is 16.4 Å². The van der Waals surface area contributed by atoms with Crippen LogP contribution in [0.1, 0.15) is 59.1 Å². The Morgan fingerprint density at radius 1 is 1.19 bits per heavy atom. The molecular weight excluding hydrogens is 362 g/mol. The van der Waals surface area contributed by atoms with Crippen LogP contribution in [0.4, 0.5) is 5.69 Å². The van der Waals surface area contributed by atoms with Gasteiger partial charge in [0.1, 0.15) is 11.4 Å². The van der Waals surface area contributed by atoms with Gasteiger partial charge in [-0.3, -0.25) is 9.59 Å². The van der Waals surface area contributed by atoms with Crippen LogP contribution in [0.25, 0.3) is 0 Å². The molecular formula is C21H24ClN3O2. The van der Waals surface area contributed by atoms with Gasteiger partial charge in [0.15, 0.2) is 0 Å². The fraction of sp³-hybridized carbons (Fsp3) is 0.381. The molecule has 2 heterocycles. The molecule has 0 saturated carbocycles. The number of nitrogens with one attached hydrogen (secondary N) is 1. The summed E-state index contributed by atoms with van der Waals surface area (Å²) in [5, 5.41) is 3.41. The molecule has 1 aromatic carbocycles. The van der Waals surface area contributed by atoms with Gasteiger partial charge in [-0.15, -0.1) is 0 Å². The first-order valence-electron chi connectivity index (χ1n) is 9.35. The Balaban J connectivity index is 1.79. The molecule has 1 atom stereocenters. The van der Waals surface area contributed by atoms with E-state index in [4.69, 9.17) is 11.6 Å². The minimum atomic E-state index is -0.360. The van der Waals surface area contributed by atoms with Crippen LogP contribution in [0.5, 0.6) is 0 Å². The summed E-state index contributed by atoms with van der Waals surface area (Å²) in [5.41, 5.74) is 1.95. The second-order valence-electron chi connectivity index (χ2n) is 6.83. The van der Waals surface area contributed by atoms with Crippen LogP contribution in [0, 0.1) is 6.92 Å². The third kappa shape index (κ3) is 4.30. The maximum Gasteiger partial charge on any atom is 0.274 e. The number of benzene rings is 1. The van der Waals surface area contributed by atoms with Gasteiger partial charge in [-0.2, -0.15) is 0 Å². The van der Waals surface area contributed by atoms with Gasteiger partial charge >= 0.3 is 0 Å². The van der Waals surface area contributed by atoms with E-state index >= 15 is 0 Å². The van der Waals surface area contributed by atoms with E-state index in [-0.39, 0.29) is 23.6 Å². The van der Waals surface area contributed by atoms with Gasteiger partial charge in [-0.25, -0.2) is 4.98 Å². The van der Waals surface area contributed by atoms with E-state index in [1.165, 1.54) is 0 Å². The van der Waals surface area contributed by atoms with E-state index in [1.807, 2.05) is 11.8 Å². The van der Waals surface area contributed by atoms with Gasteiger partial charge in [-0.05, 0) is 62.4 Å². The second-order valence-corrected chi connectivity index (χ2v) is 7.24. The van der Waals surface area contributed by atoms with E-state index in [0.717, 1.165) is 37.8 Å². The molecule has 0 radical (unpaired) electrons. The highest BCUT2D eigenvalue weighted by Gasteiger charge is 2.27. The van der Waals surface area contributed by atoms with Crippen molar-refractivity contribution in [2.75, 3.05) is 11.9 Å². The van der Waals surface area contributed by atoms with Crippen LogP contribution >= 0.6 is 11.6 Å². The lowest BCUT2D eigenvalue weighted by molar-refractivity contribution is 0.0602. The van der Waals surface area contributed by atoms with Crippen molar-refractivity contribution in [1.82, 2.24) is 9.88 Å². The number of aromatic nitrogens is 1. The molecule has 27 heavy (non-hydrogen) atoms. The maximum atomic E-state index is 12.9. The molecule has 3 rings (SSSR count). The average molecular weight is 386 g/mol. The fourth-order valence-electron chi connectivity index (χ4n) is 3.45. The zero-order valence-corrected chi connectivity index (χ0v) is 16.4. The highest BCUT2D eigenvalue weighted by atomic mass is 35.5. The predicted octanol–water partition coefficient (Wildman–Crippen LogP) is 4.70. The summed E-state index contributed by atoms with van der Waals surface area (Å²) in [6.45, 7) is 4.69. The van der Waals surface area contributed by atoms with Crippen molar-refractivity contribution in [2.24, 2.45) is 0 Å². The molecule has 1 saturated heterocycles. The Morgan fingerprint density at radius 2 is 1.93 bits per heavy atom. The van der Waals surface area contributed by atoms with Gasteiger partial charge in [0.25, 0.3) is 11.8 Å². The van der Waals surface area contributed by atoms with E-state index in [1.54, 1.807) is 36.4 Å². The van der Waals surface area contributed by atoms with Crippen molar-refractivity contribution in [1.29, 1.82) is 0 Å². The lowest BCUT2D eigenvalue weighted by atomic mass is 9.99. The number of nitrogens with zero attached hydrogens (tertiary/aromatic N) is 2. The van der Waals surface area contributed by atoms with Crippen LogP contribution in [0.2, 0.25) is 5.02 Å². The monoisotopic (exact) mass is 385 g/mol. The first kappa shape index (κ1) is 19.4. The van der Waals surface area contributed by atoms with Crippen LogP contribution in [-0.2, 0) is 0 Å². The molecule has 0 bridgehead atoms. The van der Waals surface area contributed by atoms with E-state index in [2.05, 4.69) is 17.2 Å². The molecule has 0 aliphatic carbocycles. The number of anilines is 1. The number of carbonyl (C=O) groups is 2. The number of hydrogen-bond donors (Lipinski definition) is 1. The van der Waals surface area contributed by atoms with Gasteiger partial charge in [0, 0.05) is 23.3 Å². The van der Waals surface area contributed by atoms with Gasteiger partial charge in [-0.1, -0.05) is 30.7 Å². The smallest absolute Gasteiger partial charge is 0.274 e. The first-order chi connectivity index (χ1) is 13.0. The molecule has 1 aromatic heterocycles. The molecule has 1 N–H and O–H groups in total. The summed E-state index contributed by atoms with van der Waals surface area (Å²) in [4.78, 5) is 31.7. The molecule has 1 unspecified atom stereocenters. The van der Waals surface area contributed by atoms with Crippen LogP contribution in [-0.4, -0.2) is 34.3 Å². The standard InChI is InChI=1S/C21H24ClN3O2/c1-3-15-8-4-5-13-25(15)21(27)19-12-7-11-18(23-19)20(26)24-17-10-6-9-16(22)14(17)2/h6-7,9-12,15H,3-5,8,13H2,1-2H3,(H,24,26). The molecule has 2 amide bonds. The van der Waals surface area contributed by atoms with Crippen molar-refractivity contribution >= 4 is 29.1 Å². The molecule has 142 valence electrons. The molecule has 0 spiro atoms. The highest BCUT2D eigenvalue weighted by molar-refractivity contribution is 6.31. The van der Waals surface area contributed by atoms with E-state index < -0.39 is 0 Å². The Morgan fingerprint density at radius 3 is 2.70 bits per heavy atom. The third-order valence-electron chi connectivity index (χ3n) is 5.08. The largest absolute Gasteiger partial charge is 0.334 e. The van der Waals surface area contributed by atoms with E-state index in [9.17, 15) is 9.59 Å². The minimum absolute atomic E-state index is 0.102. The topological polar surface area (TPSA) is 62.3 Å². The molecule has 5 nitrogen and oxygen atoms in total. The first-order valence-corrected chi connectivity index (χ1v) is 9.73. The number of hydrogen-bond acceptors (Lipinski definition) is 3. The summed E-state index contributed by atoms with van der Waals surface area (Å²) in [5.74, 6) is -0.462. The van der Waals surface area contributed by atoms with Crippen LogP contribution in [0.3, 0.4) is 0 Å². The fourth-order valence-corrected chi connectivity index (χ4v) is 3.62. The number of amides is 2. The van der Waals surface area contributed by atoms with Crippen molar-refractivity contribution in [3.63, 3.8) is 0 Å². The number of rotatable bonds is 4. The lowest BCUT2D eigenvalue weighted by Crippen LogP contribution is -2.43. The zero-order chi connectivity index (χ0) is 19.4. The second kappa shape index (κ2) is 8.53. The Hall–Kier alpha value is -2.40. The third-order valence-corrected chi connectivity index (χ3v) is 5.49. The van der Waals surface area contributed by atoms with Crippen molar-refractivity contribution in [3.05, 3.63) is 58.4 Å². The number of carbonyl (C=O) groups excluding carboxylic acids is 2. The number of piperidine rings is 1. The Labute approximate surface area is 164 Å². The predicted molar refractivity (Wildman–Crippen MR) is 107 cm³/mol. The van der Waals surface area contributed by atoms with Gasteiger partial charge in [0.05, 0.1) is 0 Å². The molecule has 2 aromatic rings. The maximum absolute atomic E-state index is 12.9. The summed E-state index contributed by atoms with van der Waals surface area (Å²) in [6.07, 6.45) is 4.12. The number of pyridine rings is 1. The van der Waals surface area contributed by atoms with Crippen LogP contribution < -0.4 is 5.32 Å². The lowest BCUT2D eigenvalue weighted by Gasteiger charge is -2.35. The summed E-state index contributed by atoms with van der Waals surface area (Å²) in [6, 6.07) is 10.6. The Bertz CT molecular complexity index is 853. The van der Waals surface area contributed by atoms with Crippen LogP contribution in [0.15, 0.2) is 36.4 Å². The minimum Gasteiger partial charge on any atom is -0.334 e. The van der Waals surface area contributed by atoms with Gasteiger partial charge < -0.3 is 10.2 Å². The molecule has 6 heteroatoms. The van der Waals surface area contributed by atoms with Gasteiger partial charge in [0.2, 0.25) is 0 Å². The van der Waals surface area contributed by atoms with Crippen molar-refractivity contribution in [2.45, 2.75) is 45.6 Å². The highest BCUT2D eigenvalue weighted by Crippen LogP contribution is 2.24. The van der Waals surface area contributed by atoms with Crippen molar-refractivity contribution < 1.29 is 9.59 Å². The quantitative estimate of drug-likeness (QED) is 0.829. The molecule has 1 aliphatic rings. The number of likely N-dealkylation sites (tertiary alicyclic amines) is 1. The summed E-state index contributed by atoms with van der Waals surface area (Å²) in [7, 11) is 0.